The van der Waals surface area contributed by atoms with Gasteiger partial charge in [-0.25, -0.2) is 0 Å². The molecule has 0 aliphatic carbocycles. The molecule has 1 amide bonds. The van der Waals surface area contributed by atoms with E-state index in [-0.39, 0.29) is 11.9 Å². The summed E-state index contributed by atoms with van der Waals surface area (Å²) < 4.78 is 0. The highest BCUT2D eigenvalue weighted by Crippen LogP contribution is 2.03. The molecule has 0 aromatic carbocycles. The van der Waals surface area contributed by atoms with Gasteiger partial charge in [0.05, 0.1) is 6.04 Å². The topological polar surface area (TPSA) is 55.1 Å². The Labute approximate surface area is 72.1 Å². The lowest BCUT2D eigenvalue weighted by Crippen LogP contribution is -2.39. The van der Waals surface area contributed by atoms with Crippen molar-refractivity contribution in [2.24, 2.45) is 5.73 Å². The van der Waals surface area contributed by atoms with Crippen LogP contribution in [0.5, 0.6) is 0 Å². The molecule has 0 saturated carbocycles. The zero-order chi connectivity index (χ0) is 8.69. The third-order valence-electron chi connectivity index (χ3n) is 1.45. The van der Waals surface area contributed by atoms with E-state index in [1.54, 1.807) is 7.05 Å². The van der Waals surface area contributed by atoms with Crippen LogP contribution in [-0.4, -0.2) is 30.5 Å². The quantitative estimate of drug-likeness (QED) is 0.569. The smallest absolute Gasteiger partial charge is 0.234 e. The molecule has 3 N–H and O–H groups in total. The van der Waals surface area contributed by atoms with E-state index >= 15 is 0 Å². The average Bonchev–Trinajstić information content (AvgIpc) is 1.97. The van der Waals surface area contributed by atoms with Gasteiger partial charge in [0, 0.05) is 0 Å². The summed E-state index contributed by atoms with van der Waals surface area (Å²) in [5.41, 5.74) is 5.12. The number of rotatable bonds is 6. The highest BCUT2D eigenvalue weighted by molar-refractivity contribution is 7.99. The number of hydrogen-bond acceptors (Lipinski definition) is 3. The van der Waals surface area contributed by atoms with Crippen LogP contribution in [0.2, 0.25) is 0 Å². The average molecular weight is 176 g/mol. The molecule has 0 bridgehead atoms. The summed E-state index contributed by atoms with van der Waals surface area (Å²) in [6.45, 7) is 2.10. The summed E-state index contributed by atoms with van der Waals surface area (Å²) in [5, 5.41) is 2.87. The second-order valence-electron chi connectivity index (χ2n) is 2.23. The lowest BCUT2D eigenvalue weighted by molar-refractivity contribution is -0.119. The molecule has 0 aromatic heterocycles. The van der Waals surface area contributed by atoms with Crippen LogP contribution >= 0.6 is 11.8 Å². The third kappa shape index (κ3) is 5.09. The first kappa shape index (κ1) is 10.8. The van der Waals surface area contributed by atoms with Crippen LogP contribution in [0.1, 0.15) is 13.3 Å². The largest absolute Gasteiger partial charge is 0.368 e. The Morgan fingerprint density at radius 1 is 1.73 bits per heavy atom. The van der Waals surface area contributed by atoms with Crippen LogP contribution in [0.15, 0.2) is 0 Å². The van der Waals surface area contributed by atoms with E-state index in [4.69, 9.17) is 5.73 Å². The molecule has 3 nitrogen and oxygen atoms in total. The van der Waals surface area contributed by atoms with Crippen LogP contribution in [0.4, 0.5) is 0 Å². The number of nitrogens with one attached hydrogen (secondary N) is 1. The van der Waals surface area contributed by atoms with Gasteiger partial charge in [-0.15, -0.1) is 0 Å². The third-order valence-corrected chi connectivity index (χ3v) is 2.38. The van der Waals surface area contributed by atoms with E-state index in [1.807, 2.05) is 11.8 Å². The maximum Gasteiger partial charge on any atom is 0.234 e. The summed E-state index contributed by atoms with van der Waals surface area (Å²) >= 11 is 1.82. The van der Waals surface area contributed by atoms with Crippen LogP contribution in [0, 0.1) is 0 Å². The predicted octanol–water partition coefficient (Wildman–Crippen LogP) is 0.203. The van der Waals surface area contributed by atoms with E-state index in [0.717, 1.165) is 17.9 Å². The van der Waals surface area contributed by atoms with Gasteiger partial charge < -0.3 is 11.1 Å². The van der Waals surface area contributed by atoms with Gasteiger partial charge in [-0.1, -0.05) is 6.92 Å². The predicted molar refractivity (Wildman–Crippen MR) is 49.7 cm³/mol. The van der Waals surface area contributed by atoms with E-state index in [1.165, 1.54) is 0 Å². The molecular weight excluding hydrogens is 160 g/mol. The van der Waals surface area contributed by atoms with Crippen molar-refractivity contribution in [3.8, 4) is 0 Å². The second-order valence-corrected chi connectivity index (χ2v) is 3.62. The van der Waals surface area contributed by atoms with Crippen LogP contribution < -0.4 is 11.1 Å². The Bertz CT molecular complexity index is 119. The molecule has 0 aliphatic heterocycles. The summed E-state index contributed by atoms with van der Waals surface area (Å²) in [4.78, 5) is 10.7. The van der Waals surface area contributed by atoms with Gasteiger partial charge in [0.1, 0.15) is 0 Å². The molecule has 0 aliphatic rings. The molecule has 1 atom stereocenters. The minimum atomic E-state index is -0.260. The van der Waals surface area contributed by atoms with Crippen molar-refractivity contribution >= 4 is 17.7 Å². The molecule has 4 heteroatoms. The number of carbonyl (C=O) groups is 1. The van der Waals surface area contributed by atoms with Crippen LogP contribution in [0.3, 0.4) is 0 Å². The van der Waals surface area contributed by atoms with Gasteiger partial charge in [-0.2, -0.15) is 11.8 Å². The first-order valence-electron chi connectivity index (χ1n) is 3.76. The van der Waals surface area contributed by atoms with Crippen molar-refractivity contribution in [1.82, 2.24) is 5.32 Å². The first-order valence-corrected chi connectivity index (χ1v) is 4.92. The molecule has 0 radical (unpaired) electrons. The Morgan fingerprint density at radius 3 is 2.73 bits per heavy atom. The normalized spacial score (nSPS) is 12.9. The molecule has 0 aromatic rings. The minimum absolute atomic E-state index is 0.158. The molecule has 0 heterocycles. The van der Waals surface area contributed by atoms with Crippen molar-refractivity contribution in [3.05, 3.63) is 0 Å². The minimum Gasteiger partial charge on any atom is -0.368 e. The van der Waals surface area contributed by atoms with Gasteiger partial charge in [0.25, 0.3) is 0 Å². The number of amides is 1. The molecule has 11 heavy (non-hydrogen) atoms. The van der Waals surface area contributed by atoms with Crippen LogP contribution in [0.25, 0.3) is 0 Å². The number of thioether (sulfide) groups is 1. The molecule has 0 spiro atoms. The molecule has 0 saturated heterocycles. The number of carbonyl (C=O) groups excluding carboxylic acids is 1. The maximum atomic E-state index is 10.7. The van der Waals surface area contributed by atoms with Gasteiger partial charge in [-0.3, -0.25) is 4.79 Å². The van der Waals surface area contributed by atoms with Crippen molar-refractivity contribution in [2.45, 2.75) is 19.4 Å². The lowest BCUT2D eigenvalue weighted by atomic mass is 10.2. The second kappa shape index (κ2) is 6.49. The lowest BCUT2D eigenvalue weighted by Gasteiger charge is -2.10. The Morgan fingerprint density at radius 2 is 2.36 bits per heavy atom. The van der Waals surface area contributed by atoms with E-state index in [2.05, 4.69) is 12.2 Å². The Kier molecular flexibility index (Phi) is 6.36. The SMILES string of the molecule is CCSCC[C@H](NC)C(N)=O. The summed E-state index contributed by atoms with van der Waals surface area (Å²) in [5.74, 6) is 1.82. The number of hydrogen-bond donors (Lipinski definition) is 2. The molecule has 0 rings (SSSR count). The zero-order valence-electron chi connectivity index (χ0n) is 7.09. The zero-order valence-corrected chi connectivity index (χ0v) is 7.91. The summed E-state index contributed by atoms with van der Waals surface area (Å²) in [7, 11) is 1.76. The van der Waals surface area contributed by atoms with Gasteiger partial charge in [0.15, 0.2) is 0 Å². The molecule has 0 unspecified atom stereocenters. The standard InChI is InChI=1S/C7H16N2OS/c1-3-11-5-4-6(9-2)7(8)10/h6,9H,3-5H2,1-2H3,(H2,8,10)/t6-/m0/s1. The number of nitrogens with two attached hydrogens (primary N) is 1. The van der Waals surface area contributed by atoms with E-state index < -0.39 is 0 Å². The number of primary amides is 1. The van der Waals surface area contributed by atoms with Crippen molar-refractivity contribution in [1.29, 1.82) is 0 Å². The Hall–Kier alpha value is -0.220. The Balaban J connectivity index is 3.44. The highest BCUT2D eigenvalue weighted by Gasteiger charge is 2.10. The summed E-state index contributed by atoms with van der Waals surface area (Å²) in [6, 6.07) is -0.158. The monoisotopic (exact) mass is 176 g/mol. The fourth-order valence-electron chi connectivity index (χ4n) is 0.774. The van der Waals surface area contributed by atoms with Gasteiger partial charge in [0.2, 0.25) is 5.91 Å². The fourth-order valence-corrected chi connectivity index (χ4v) is 1.47. The fraction of sp³-hybridized carbons (Fsp3) is 0.857. The number of likely N-dealkylation sites (N-methyl/N-ethyl adjacent to an activating group) is 1. The maximum absolute atomic E-state index is 10.7. The van der Waals surface area contributed by atoms with Crippen LogP contribution in [-0.2, 0) is 4.79 Å². The molecular formula is C7H16N2OS. The van der Waals surface area contributed by atoms with Crippen molar-refractivity contribution in [3.63, 3.8) is 0 Å². The van der Waals surface area contributed by atoms with E-state index in [0.29, 0.717) is 0 Å². The first-order chi connectivity index (χ1) is 5.22. The van der Waals surface area contributed by atoms with Crippen molar-refractivity contribution in [2.75, 3.05) is 18.6 Å². The molecule has 66 valence electrons. The van der Waals surface area contributed by atoms with E-state index in [9.17, 15) is 4.79 Å². The van der Waals surface area contributed by atoms with Gasteiger partial charge in [-0.05, 0) is 25.0 Å². The highest BCUT2D eigenvalue weighted by atomic mass is 32.2. The van der Waals surface area contributed by atoms with Gasteiger partial charge >= 0.3 is 0 Å². The summed E-state index contributed by atoms with van der Waals surface area (Å²) in [6.07, 6.45) is 0.824. The molecule has 0 fully saturated rings. The van der Waals surface area contributed by atoms with Crippen molar-refractivity contribution < 1.29 is 4.79 Å².